The smallest absolute Gasteiger partial charge is 0.133 e. The van der Waals surface area contributed by atoms with E-state index in [4.69, 9.17) is 0 Å². The maximum absolute atomic E-state index is 4.04. The summed E-state index contributed by atoms with van der Waals surface area (Å²) in [6, 6.07) is 10.3. The van der Waals surface area contributed by atoms with Crippen LogP contribution >= 0.6 is 0 Å². The van der Waals surface area contributed by atoms with Crippen molar-refractivity contribution < 1.29 is 0 Å². The Hall–Kier alpha value is -1.94. The molecule has 0 saturated heterocycles. The topological polar surface area (TPSA) is 42.7 Å². The molecule has 0 spiro atoms. The highest BCUT2D eigenvalue weighted by Crippen LogP contribution is 1.99. The molecule has 0 saturated carbocycles. The molecule has 1 heterocycles. The molecule has 0 aliphatic rings. The van der Waals surface area contributed by atoms with Crippen molar-refractivity contribution in [2.24, 2.45) is 7.05 Å². The molecule has 4 heteroatoms. The SMILES string of the molecule is Cn1cnnc1CCNC/C=C/c1ccccc1. The van der Waals surface area contributed by atoms with E-state index in [0.29, 0.717) is 0 Å². The van der Waals surface area contributed by atoms with Gasteiger partial charge in [-0.1, -0.05) is 42.5 Å². The molecule has 0 aliphatic heterocycles. The molecular weight excluding hydrogens is 224 g/mol. The summed E-state index contributed by atoms with van der Waals surface area (Å²) in [4.78, 5) is 0. The zero-order valence-electron chi connectivity index (χ0n) is 10.6. The predicted octanol–water partition coefficient (Wildman–Crippen LogP) is 1.66. The molecule has 18 heavy (non-hydrogen) atoms. The lowest BCUT2D eigenvalue weighted by Gasteiger charge is -2.01. The summed E-state index contributed by atoms with van der Waals surface area (Å²) in [5, 5.41) is 11.2. The first-order valence-electron chi connectivity index (χ1n) is 6.11. The highest BCUT2D eigenvalue weighted by Gasteiger charge is 1.98. The molecule has 94 valence electrons. The van der Waals surface area contributed by atoms with Crippen LogP contribution in [-0.4, -0.2) is 27.9 Å². The third-order valence-corrected chi connectivity index (χ3v) is 2.70. The lowest BCUT2D eigenvalue weighted by atomic mass is 10.2. The standard InChI is InChI=1S/C14H18N4/c1-18-12-16-17-14(18)9-11-15-10-5-8-13-6-3-2-4-7-13/h2-8,12,15H,9-11H2,1H3/b8-5+. The van der Waals surface area contributed by atoms with Crippen LogP contribution in [0.4, 0.5) is 0 Å². The molecule has 0 amide bonds. The predicted molar refractivity (Wildman–Crippen MR) is 73.1 cm³/mol. The highest BCUT2D eigenvalue weighted by atomic mass is 15.2. The van der Waals surface area contributed by atoms with Crippen molar-refractivity contribution in [3.8, 4) is 0 Å². The quantitative estimate of drug-likeness (QED) is 0.783. The maximum atomic E-state index is 4.04. The van der Waals surface area contributed by atoms with Gasteiger partial charge in [0.15, 0.2) is 0 Å². The lowest BCUT2D eigenvalue weighted by Crippen LogP contribution is -2.18. The fraction of sp³-hybridized carbons (Fsp3) is 0.286. The molecule has 4 nitrogen and oxygen atoms in total. The van der Waals surface area contributed by atoms with Gasteiger partial charge in [-0.15, -0.1) is 10.2 Å². The largest absolute Gasteiger partial charge is 0.321 e. The van der Waals surface area contributed by atoms with Crippen molar-refractivity contribution in [2.75, 3.05) is 13.1 Å². The second-order valence-corrected chi connectivity index (χ2v) is 4.13. The van der Waals surface area contributed by atoms with Gasteiger partial charge < -0.3 is 9.88 Å². The number of hydrogen-bond acceptors (Lipinski definition) is 3. The molecule has 0 bridgehead atoms. The average molecular weight is 242 g/mol. The summed E-state index contributed by atoms with van der Waals surface area (Å²) in [6.07, 6.45) is 6.88. The number of nitrogens with zero attached hydrogens (tertiary/aromatic N) is 3. The molecule has 2 rings (SSSR count). The molecule has 0 unspecified atom stereocenters. The molecule has 1 N–H and O–H groups in total. The van der Waals surface area contributed by atoms with Gasteiger partial charge >= 0.3 is 0 Å². The minimum absolute atomic E-state index is 0.868. The Bertz CT molecular complexity index is 488. The van der Waals surface area contributed by atoms with Crippen LogP contribution in [0.5, 0.6) is 0 Å². The summed E-state index contributed by atoms with van der Waals surface area (Å²) in [5.74, 6) is 1.01. The van der Waals surface area contributed by atoms with Crippen LogP contribution in [0.25, 0.3) is 6.08 Å². The molecule has 0 aliphatic carbocycles. The van der Waals surface area contributed by atoms with Crippen molar-refractivity contribution in [3.63, 3.8) is 0 Å². The fourth-order valence-corrected chi connectivity index (χ4v) is 1.68. The third kappa shape index (κ3) is 3.82. The maximum Gasteiger partial charge on any atom is 0.133 e. The summed E-state index contributed by atoms with van der Waals surface area (Å²) in [6.45, 7) is 1.78. The van der Waals surface area contributed by atoms with E-state index in [1.165, 1.54) is 5.56 Å². The number of aromatic nitrogens is 3. The Morgan fingerprint density at radius 3 is 2.83 bits per heavy atom. The molecular formula is C14H18N4. The Morgan fingerprint density at radius 1 is 1.28 bits per heavy atom. The van der Waals surface area contributed by atoms with Crippen LogP contribution in [0, 0.1) is 0 Å². The number of aryl methyl sites for hydroxylation is 1. The van der Waals surface area contributed by atoms with Crippen LogP contribution in [0.2, 0.25) is 0 Å². The van der Waals surface area contributed by atoms with Crippen LogP contribution in [0.1, 0.15) is 11.4 Å². The minimum atomic E-state index is 0.868. The van der Waals surface area contributed by atoms with Gasteiger partial charge in [0.2, 0.25) is 0 Å². The van der Waals surface area contributed by atoms with Crippen LogP contribution in [0.3, 0.4) is 0 Å². The summed E-state index contributed by atoms with van der Waals surface area (Å²) >= 11 is 0. The fourth-order valence-electron chi connectivity index (χ4n) is 1.68. The normalized spacial score (nSPS) is 11.2. The van der Waals surface area contributed by atoms with E-state index in [0.717, 1.165) is 25.3 Å². The number of benzene rings is 1. The zero-order valence-corrected chi connectivity index (χ0v) is 10.6. The average Bonchev–Trinajstić information content (AvgIpc) is 2.81. The second kappa shape index (κ2) is 6.71. The van der Waals surface area contributed by atoms with Gasteiger partial charge in [-0.25, -0.2) is 0 Å². The van der Waals surface area contributed by atoms with E-state index >= 15 is 0 Å². The lowest BCUT2D eigenvalue weighted by molar-refractivity contribution is 0.692. The molecule has 1 aromatic heterocycles. The molecule has 1 aromatic carbocycles. The van der Waals surface area contributed by atoms with Gasteiger partial charge in [0.1, 0.15) is 12.2 Å². The first kappa shape index (κ1) is 12.5. The molecule has 0 atom stereocenters. The Labute approximate surface area is 107 Å². The molecule has 0 radical (unpaired) electrons. The number of rotatable bonds is 6. The van der Waals surface area contributed by atoms with E-state index < -0.39 is 0 Å². The van der Waals surface area contributed by atoms with Gasteiger partial charge in [-0.3, -0.25) is 0 Å². The summed E-state index contributed by atoms with van der Waals surface area (Å²) in [5.41, 5.74) is 1.23. The van der Waals surface area contributed by atoms with Gasteiger partial charge in [0.25, 0.3) is 0 Å². The van der Waals surface area contributed by atoms with Crippen LogP contribution in [0.15, 0.2) is 42.7 Å². The van der Waals surface area contributed by atoms with Gasteiger partial charge in [-0.05, 0) is 5.56 Å². The van der Waals surface area contributed by atoms with Crippen LogP contribution < -0.4 is 5.32 Å². The number of hydrogen-bond donors (Lipinski definition) is 1. The van der Waals surface area contributed by atoms with Crippen LogP contribution in [-0.2, 0) is 13.5 Å². The monoisotopic (exact) mass is 242 g/mol. The second-order valence-electron chi connectivity index (χ2n) is 4.13. The number of nitrogens with one attached hydrogen (secondary N) is 1. The van der Waals surface area contributed by atoms with E-state index in [1.807, 2.05) is 29.8 Å². The van der Waals surface area contributed by atoms with Gasteiger partial charge in [-0.2, -0.15) is 0 Å². The van der Waals surface area contributed by atoms with E-state index in [2.05, 4.69) is 39.8 Å². The highest BCUT2D eigenvalue weighted by molar-refractivity contribution is 5.48. The van der Waals surface area contributed by atoms with Gasteiger partial charge in [0.05, 0.1) is 0 Å². The van der Waals surface area contributed by atoms with Gasteiger partial charge in [0, 0.05) is 26.6 Å². The van der Waals surface area contributed by atoms with E-state index in [-0.39, 0.29) is 0 Å². The Kier molecular flexibility index (Phi) is 4.67. The Balaban J connectivity index is 1.65. The molecule has 0 fully saturated rings. The Morgan fingerprint density at radius 2 is 2.11 bits per heavy atom. The van der Waals surface area contributed by atoms with Crippen molar-refractivity contribution >= 4 is 6.08 Å². The summed E-state index contributed by atoms with van der Waals surface area (Å²) < 4.78 is 1.95. The van der Waals surface area contributed by atoms with Crippen molar-refractivity contribution in [1.82, 2.24) is 20.1 Å². The van der Waals surface area contributed by atoms with E-state index in [9.17, 15) is 0 Å². The van der Waals surface area contributed by atoms with E-state index in [1.54, 1.807) is 6.33 Å². The summed E-state index contributed by atoms with van der Waals surface area (Å²) in [7, 11) is 1.96. The van der Waals surface area contributed by atoms with Crippen molar-refractivity contribution in [2.45, 2.75) is 6.42 Å². The third-order valence-electron chi connectivity index (χ3n) is 2.70. The first-order chi connectivity index (χ1) is 8.86. The van der Waals surface area contributed by atoms with Crippen molar-refractivity contribution in [1.29, 1.82) is 0 Å². The molecule has 2 aromatic rings. The van der Waals surface area contributed by atoms with Crippen molar-refractivity contribution in [3.05, 3.63) is 54.1 Å². The first-order valence-corrected chi connectivity index (χ1v) is 6.11. The minimum Gasteiger partial charge on any atom is -0.321 e. The zero-order chi connectivity index (χ0) is 12.6.